The lowest BCUT2D eigenvalue weighted by atomic mass is 10.2. The highest BCUT2D eigenvalue weighted by atomic mass is 13.8. The van der Waals surface area contributed by atoms with Gasteiger partial charge in [0.1, 0.15) is 0 Å². The number of rotatable bonds is 5. The standard InChI is InChI=1S/C11H17/c1-3-5-7-9-11-10-8-6-4-2/h3,5,7,9-11H,1,4,6,8H2,2H3. The first-order valence-corrected chi connectivity index (χ1v) is 4.19. The van der Waals surface area contributed by atoms with Crippen molar-refractivity contribution in [3.8, 4) is 0 Å². The van der Waals surface area contributed by atoms with Crippen LogP contribution in [0.4, 0.5) is 0 Å². The average molecular weight is 149 g/mol. The van der Waals surface area contributed by atoms with Gasteiger partial charge in [0, 0.05) is 0 Å². The molecule has 0 saturated carbocycles. The Balaban J connectivity index is 3.28. The molecule has 0 aliphatic carbocycles. The summed E-state index contributed by atoms with van der Waals surface area (Å²) in [5.41, 5.74) is 0. The molecule has 0 amide bonds. The van der Waals surface area contributed by atoms with Gasteiger partial charge in [-0.15, -0.1) is 0 Å². The molecule has 0 unspecified atom stereocenters. The van der Waals surface area contributed by atoms with E-state index in [4.69, 9.17) is 0 Å². The van der Waals surface area contributed by atoms with Gasteiger partial charge < -0.3 is 0 Å². The maximum atomic E-state index is 3.58. The Hall–Kier alpha value is -0.780. The lowest BCUT2D eigenvalue weighted by molar-refractivity contribution is 0.815. The fraction of sp³-hybridized carbons (Fsp3) is 0.364. The summed E-state index contributed by atoms with van der Waals surface area (Å²) in [6.07, 6.45) is 15.7. The Morgan fingerprint density at radius 3 is 2.45 bits per heavy atom. The SMILES string of the molecule is [CH2]C=CC=CC=CCCCC. The molecule has 0 heteroatoms. The molecule has 0 N–H and O–H groups in total. The van der Waals surface area contributed by atoms with Gasteiger partial charge in [-0.25, -0.2) is 0 Å². The molecule has 61 valence electrons. The lowest BCUT2D eigenvalue weighted by Crippen LogP contribution is -1.64. The normalized spacial score (nSPS) is 12.5. The number of hydrogen-bond acceptors (Lipinski definition) is 0. The second-order valence-electron chi connectivity index (χ2n) is 2.38. The summed E-state index contributed by atoms with van der Waals surface area (Å²) in [7, 11) is 0. The Morgan fingerprint density at radius 2 is 1.82 bits per heavy atom. The van der Waals surface area contributed by atoms with E-state index in [0.717, 1.165) is 0 Å². The molecule has 0 rings (SSSR count). The molecule has 0 fully saturated rings. The first-order valence-electron chi connectivity index (χ1n) is 4.19. The molecule has 0 heterocycles. The fourth-order valence-corrected chi connectivity index (χ4v) is 0.704. The van der Waals surface area contributed by atoms with Gasteiger partial charge in [-0.05, 0) is 13.3 Å². The molecule has 0 aromatic rings. The van der Waals surface area contributed by atoms with Crippen LogP contribution in [0.1, 0.15) is 26.2 Å². The van der Waals surface area contributed by atoms with Crippen LogP contribution in [-0.2, 0) is 0 Å². The highest BCUT2D eigenvalue weighted by Crippen LogP contribution is 1.94. The van der Waals surface area contributed by atoms with Crippen molar-refractivity contribution in [1.82, 2.24) is 0 Å². The van der Waals surface area contributed by atoms with Gasteiger partial charge in [0.15, 0.2) is 0 Å². The zero-order valence-corrected chi connectivity index (χ0v) is 7.29. The summed E-state index contributed by atoms with van der Waals surface area (Å²) >= 11 is 0. The van der Waals surface area contributed by atoms with Gasteiger partial charge in [-0.1, -0.05) is 56.2 Å². The van der Waals surface area contributed by atoms with Gasteiger partial charge in [0.05, 0.1) is 0 Å². The maximum absolute atomic E-state index is 3.58. The summed E-state index contributed by atoms with van der Waals surface area (Å²) < 4.78 is 0. The van der Waals surface area contributed by atoms with Crippen LogP contribution in [0.3, 0.4) is 0 Å². The largest absolute Gasteiger partial charge is 0.0845 e. The summed E-state index contributed by atoms with van der Waals surface area (Å²) in [6.45, 7) is 5.78. The van der Waals surface area contributed by atoms with E-state index in [1.54, 1.807) is 6.08 Å². The summed E-state index contributed by atoms with van der Waals surface area (Å²) in [5.74, 6) is 0. The molecular weight excluding hydrogens is 132 g/mol. The van der Waals surface area contributed by atoms with Crippen LogP contribution >= 0.6 is 0 Å². The molecule has 11 heavy (non-hydrogen) atoms. The van der Waals surface area contributed by atoms with E-state index < -0.39 is 0 Å². The minimum Gasteiger partial charge on any atom is -0.0845 e. The van der Waals surface area contributed by atoms with Crippen LogP contribution in [-0.4, -0.2) is 0 Å². The van der Waals surface area contributed by atoms with Crippen LogP contribution in [0.15, 0.2) is 36.5 Å². The van der Waals surface area contributed by atoms with Crippen LogP contribution in [0, 0.1) is 6.92 Å². The molecule has 0 nitrogen and oxygen atoms in total. The van der Waals surface area contributed by atoms with Gasteiger partial charge in [0.25, 0.3) is 0 Å². The first kappa shape index (κ1) is 10.2. The zero-order valence-electron chi connectivity index (χ0n) is 7.29. The minimum atomic E-state index is 1.19. The summed E-state index contributed by atoms with van der Waals surface area (Å²) in [4.78, 5) is 0. The Morgan fingerprint density at radius 1 is 1.09 bits per heavy atom. The molecule has 0 aliphatic heterocycles. The van der Waals surface area contributed by atoms with E-state index in [9.17, 15) is 0 Å². The minimum absolute atomic E-state index is 1.19. The lowest BCUT2D eigenvalue weighted by Gasteiger charge is -1.84. The topological polar surface area (TPSA) is 0 Å². The van der Waals surface area contributed by atoms with Crippen molar-refractivity contribution in [1.29, 1.82) is 0 Å². The van der Waals surface area contributed by atoms with E-state index in [0.29, 0.717) is 0 Å². The van der Waals surface area contributed by atoms with Crippen LogP contribution in [0.5, 0.6) is 0 Å². The van der Waals surface area contributed by atoms with Crippen molar-refractivity contribution in [2.75, 3.05) is 0 Å². The molecule has 0 saturated heterocycles. The molecular formula is C11H17. The first-order chi connectivity index (χ1) is 5.41. The average Bonchev–Trinajstić information content (AvgIpc) is 2.03. The van der Waals surface area contributed by atoms with Crippen molar-refractivity contribution in [3.63, 3.8) is 0 Å². The second kappa shape index (κ2) is 9.22. The second-order valence-corrected chi connectivity index (χ2v) is 2.38. The van der Waals surface area contributed by atoms with E-state index in [-0.39, 0.29) is 0 Å². The molecule has 0 atom stereocenters. The fourth-order valence-electron chi connectivity index (χ4n) is 0.704. The highest BCUT2D eigenvalue weighted by Gasteiger charge is 1.74. The van der Waals surface area contributed by atoms with Crippen molar-refractivity contribution >= 4 is 0 Å². The molecule has 0 aliphatic rings. The molecule has 0 spiro atoms. The van der Waals surface area contributed by atoms with Crippen molar-refractivity contribution in [2.24, 2.45) is 0 Å². The van der Waals surface area contributed by atoms with E-state index in [1.165, 1.54) is 19.3 Å². The quantitative estimate of drug-likeness (QED) is 0.413. The maximum Gasteiger partial charge on any atom is -0.0313 e. The molecule has 1 radical (unpaired) electrons. The predicted molar refractivity (Wildman–Crippen MR) is 52.3 cm³/mol. The summed E-state index contributed by atoms with van der Waals surface area (Å²) in [6, 6.07) is 0. The third-order valence-corrected chi connectivity index (χ3v) is 1.33. The monoisotopic (exact) mass is 149 g/mol. The van der Waals surface area contributed by atoms with Gasteiger partial charge >= 0.3 is 0 Å². The highest BCUT2D eigenvalue weighted by molar-refractivity contribution is 5.11. The van der Waals surface area contributed by atoms with Gasteiger partial charge in [-0.3, -0.25) is 0 Å². The third kappa shape index (κ3) is 9.22. The Kier molecular flexibility index (Phi) is 8.57. The number of allylic oxidation sites excluding steroid dienone is 6. The van der Waals surface area contributed by atoms with E-state index >= 15 is 0 Å². The third-order valence-electron chi connectivity index (χ3n) is 1.33. The van der Waals surface area contributed by atoms with Crippen molar-refractivity contribution in [2.45, 2.75) is 26.2 Å². The van der Waals surface area contributed by atoms with Crippen LogP contribution in [0.2, 0.25) is 0 Å². The molecule has 0 aromatic heterocycles. The smallest absolute Gasteiger partial charge is 0.0313 e. The summed E-state index contributed by atoms with van der Waals surface area (Å²) in [5, 5.41) is 0. The van der Waals surface area contributed by atoms with E-state index in [2.05, 4.69) is 26.0 Å². The molecule has 0 aromatic carbocycles. The zero-order chi connectivity index (χ0) is 8.36. The van der Waals surface area contributed by atoms with Crippen molar-refractivity contribution < 1.29 is 0 Å². The molecule has 0 bridgehead atoms. The van der Waals surface area contributed by atoms with Crippen molar-refractivity contribution in [3.05, 3.63) is 43.4 Å². The Bertz CT molecular complexity index is 138. The number of unbranched alkanes of at least 4 members (excludes halogenated alkanes) is 2. The van der Waals surface area contributed by atoms with Gasteiger partial charge in [-0.2, -0.15) is 0 Å². The van der Waals surface area contributed by atoms with Crippen LogP contribution < -0.4 is 0 Å². The predicted octanol–water partition coefficient (Wildman–Crippen LogP) is 3.68. The Labute approximate surface area is 70.3 Å². The van der Waals surface area contributed by atoms with Crippen LogP contribution in [0.25, 0.3) is 0 Å². The number of hydrogen-bond donors (Lipinski definition) is 0. The van der Waals surface area contributed by atoms with Gasteiger partial charge in [0.2, 0.25) is 0 Å². The van der Waals surface area contributed by atoms with E-state index in [1.807, 2.05) is 18.2 Å².